The molecule has 1 amide bonds. The van der Waals surface area contributed by atoms with Crippen LogP contribution in [0.4, 0.5) is 4.79 Å². The summed E-state index contributed by atoms with van der Waals surface area (Å²) < 4.78 is 16.3. The number of thiophene rings is 1. The van der Waals surface area contributed by atoms with Gasteiger partial charge in [0.1, 0.15) is 6.61 Å². The summed E-state index contributed by atoms with van der Waals surface area (Å²) in [6.45, 7) is 0.116. The van der Waals surface area contributed by atoms with Crippen molar-refractivity contribution in [3.05, 3.63) is 58.3 Å². The van der Waals surface area contributed by atoms with Gasteiger partial charge in [0.2, 0.25) is 0 Å². The van der Waals surface area contributed by atoms with Gasteiger partial charge >= 0.3 is 14.1 Å². The number of hydrogen-bond donors (Lipinski definition) is 2. The molecule has 0 aliphatic rings. The van der Waals surface area contributed by atoms with Crippen LogP contribution in [0.15, 0.2) is 47.2 Å². The minimum atomic E-state index is -2.57. The Morgan fingerprint density at radius 3 is 2.70 bits per heavy atom. The third-order valence-corrected chi connectivity index (χ3v) is 4.12. The van der Waals surface area contributed by atoms with Gasteiger partial charge in [0, 0.05) is 10.9 Å². The molecule has 5 nitrogen and oxygen atoms in total. The first-order chi connectivity index (χ1) is 9.66. The molecule has 0 saturated heterocycles. The lowest BCUT2D eigenvalue weighted by molar-refractivity contribution is 0.138. The molecule has 0 aliphatic carbocycles. The lowest BCUT2D eigenvalue weighted by atomic mass is 10.2. The van der Waals surface area contributed by atoms with E-state index in [1.165, 1.54) is 11.3 Å². The van der Waals surface area contributed by atoms with Crippen LogP contribution in [0.1, 0.15) is 16.9 Å². The van der Waals surface area contributed by atoms with Gasteiger partial charge in [-0.25, -0.2) is 4.79 Å². The predicted octanol–water partition coefficient (Wildman–Crippen LogP) is 3.41. The highest BCUT2D eigenvalue weighted by Gasteiger charge is 2.33. The number of nitrogens with one attached hydrogen (secondary N) is 1. The third kappa shape index (κ3) is 4.13. The summed E-state index contributed by atoms with van der Waals surface area (Å²) in [5, 5.41) is 5.89. The van der Waals surface area contributed by atoms with Crippen LogP contribution in [-0.4, -0.2) is 11.0 Å². The van der Waals surface area contributed by atoms with Gasteiger partial charge in [-0.05, 0) is 21.6 Å². The summed E-state index contributed by atoms with van der Waals surface area (Å²) >= 11 is 1.39. The molecule has 2 rings (SSSR count). The van der Waals surface area contributed by atoms with Gasteiger partial charge < -0.3 is 4.74 Å². The highest BCUT2D eigenvalue weighted by atomic mass is 32.1. The Labute approximate surface area is 121 Å². The van der Waals surface area contributed by atoms with Crippen LogP contribution in [0, 0.1) is 0 Å². The number of amides is 1. The first-order valence-electron chi connectivity index (χ1n) is 5.81. The Morgan fingerprint density at radius 1 is 1.35 bits per heavy atom. The molecule has 0 fully saturated rings. The van der Waals surface area contributed by atoms with Crippen molar-refractivity contribution in [2.24, 2.45) is 0 Å². The van der Waals surface area contributed by atoms with Crippen LogP contribution < -0.4 is 5.32 Å². The van der Waals surface area contributed by atoms with Crippen molar-refractivity contribution in [3.8, 4) is 0 Å². The zero-order valence-corrected chi connectivity index (χ0v) is 12.1. The second-order valence-corrected chi connectivity index (χ2v) is 5.87. The second kappa shape index (κ2) is 7.14. The molecule has 2 atom stereocenters. The van der Waals surface area contributed by atoms with Crippen molar-refractivity contribution in [2.75, 3.05) is 0 Å². The molecule has 0 spiro atoms. The molecule has 2 N–H and O–H groups in total. The maximum atomic E-state index is 11.7. The number of benzene rings is 1. The summed E-state index contributed by atoms with van der Waals surface area (Å²) in [4.78, 5) is 20.9. The topological polar surface area (TPSA) is 75.6 Å². The first kappa shape index (κ1) is 14.7. The fourth-order valence-electron chi connectivity index (χ4n) is 1.57. The largest absolute Gasteiger partial charge is 0.535 e. The van der Waals surface area contributed by atoms with E-state index < -0.39 is 19.9 Å². The van der Waals surface area contributed by atoms with Crippen molar-refractivity contribution in [2.45, 2.75) is 12.4 Å². The van der Waals surface area contributed by atoms with Crippen molar-refractivity contribution >= 4 is 25.5 Å². The van der Waals surface area contributed by atoms with Crippen LogP contribution in [0.3, 0.4) is 0 Å². The number of carbonyl (C=O) groups excluding carboxylic acids is 1. The fourth-order valence-corrected chi connectivity index (χ4v) is 2.99. The monoisotopic (exact) mass is 310 g/mol. The van der Waals surface area contributed by atoms with Crippen molar-refractivity contribution in [1.29, 1.82) is 0 Å². The molecule has 1 unspecified atom stereocenters. The Morgan fingerprint density at radius 2 is 2.10 bits per heavy atom. The zero-order valence-electron chi connectivity index (χ0n) is 10.4. The number of rotatable bonds is 5. The molecule has 20 heavy (non-hydrogen) atoms. The quantitative estimate of drug-likeness (QED) is 0.830. The molecule has 0 aliphatic heterocycles. The molecule has 7 heteroatoms. The summed E-state index contributed by atoms with van der Waals surface area (Å²) in [5.41, 5.74) is 1.44. The highest BCUT2D eigenvalue weighted by Crippen LogP contribution is 2.36. The lowest BCUT2D eigenvalue weighted by Crippen LogP contribution is -2.27. The van der Waals surface area contributed by atoms with E-state index in [-0.39, 0.29) is 6.61 Å². The maximum Gasteiger partial charge on any atom is 0.535 e. The predicted molar refractivity (Wildman–Crippen MR) is 76.6 cm³/mol. The van der Waals surface area contributed by atoms with Crippen molar-refractivity contribution < 1.29 is 19.0 Å². The molecular formula is C13H13NO4PS+. The van der Waals surface area contributed by atoms with Crippen LogP contribution in [-0.2, 0) is 15.9 Å². The molecule has 1 aromatic carbocycles. The van der Waals surface area contributed by atoms with E-state index in [1.54, 1.807) is 16.8 Å². The average Bonchev–Trinajstić information content (AvgIpc) is 2.97. The zero-order chi connectivity index (χ0) is 14.4. The van der Waals surface area contributed by atoms with Gasteiger partial charge in [0.05, 0.1) is 0 Å². The van der Waals surface area contributed by atoms with Crippen LogP contribution in [0.25, 0.3) is 0 Å². The molecular weight excluding hydrogens is 297 g/mol. The molecule has 2 aromatic rings. The molecule has 0 bridgehead atoms. The smallest absolute Gasteiger partial charge is 0.445 e. The normalized spacial score (nSPS) is 12.6. The molecule has 0 saturated carbocycles. The number of alkyl carbamates (subject to hydrolysis) is 1. The van der Waals surface area contributed by atoms with E-state index in [0.717, 1.165) is 5.56 Å². The van der Waals surface area contributed by atoms with E-state index in [9.17, 15) is 14.3 Å². The van der Waals surface area contributed by atoms with Gasteiger partial charge in [0.15, 0.2) is 0 Å². The highest BCUT2D eigenvalue weighted by molar-refractivity contribution is 7.38. The van der Waals surface area contributed by atoms with Gasteiger partial charge in [-0.15, -0.1) is 0 Å². The summed E-state index contributed by atoms with van der Waals surface area (Å²) in [7, 11) is -2.57. The summed E-state index contributed by atoms with van der Waals surface area (Å²) in [6, 6.07) is 10.9. The molecule has 0 radical (unpaired) electrons. The minimum Gasteiger partial charge on any atom is -0.445 e. The van der Waals surface area contributed by atoms with Gasteiger partial charge in [-0.1, -0.05) is 30.3 Å². The standard InChI is InChI=1S/C13H12NO4PS/c15-13(18-8-10-4-2-1-3-5-10)14-12(19(16)17)11-6-7-20-9-11/h1-7,9,12H,8H2,(H-,14,15,16,17)/p+1/t12-/m1/s1. The van der Waals surface area contributed by atoms with Crippen LogP contribution in [0.2, 0.25) is 0 Å². The molecule has 1 heterocycles. The Hall–Kier alpha value is -1.75. The minimum absolute atomic E-state index is 0.116. The number of carbonyl (C=O) groups is 1. The van der Waals surface area contributed by atoms with Gasteiger partial charge in [0.25, 0.3) is 5.78 Å². The SMILES string of the molecule is O=C(N[C@@H](c1ccsc1)[P+](=O)O)OCc1ccccc1. The Balaban J connectivity index is 1.91. The van der Waals surface area contributed by atoms with Crippen molar-refractivity contribution in [3.63, 3.8) is 0 Å². The number of hydrogen-bond acceptors (Lipinski definition) is 4. The maximum absolute atomic E-state index is 11.7. The molecule has 104 valence electrons. The van der Waals surface area contributed by atoms with E-state index >= 15 is 0 Å². The lowest BCUT2D eigenvalue weighted by Gasteiger charge is -2.08. The van der Waals surface area contributed by atoms with Crippen molar-refractivity contribution in [1.82, 2.24) is 5.32 Å². The Kier molecular flexibility index (Phi) is 5.24. The van der Waals surface area contributed by atoms with E-state index in [4.69, 9.17) is 4.74 Å². The summed E-state index contributed by atoms with van der Waals surface area (Å²) in [6.07, 6.45) is -0.720. The van der Waals surface area contributed by atoms with Gasteiger partial charge in [-0.2, -0.15) is 16.2 Å². The van der Waals surface area contributed by atoms with Crippen LogP contribution >= 0.6 is 19.4 Å². The van der Waals surface area contributed by atoms with Crippen LogP contribution in [0.5, 0.6) is 0 Å². The average molecular weight is 310 g/mol. The number of ether oxygens (including phenoxy) is 1. The second-order valence-electron chi connectivity index (χ2n) is 3.97. The Bertz CT molecular complexity index is 573. The van der Waals surface area contributed by atoms with Gasteiger partial charge in [-0.3, -0.25) is 5.32 Å². The summed E-state index contributed by atoms with van der Waals surface area (Å²) in [5.74, 6) is -0.945. The third-order valence-electron chi connectivity index (χ3n) is 2.55. The first-order valence-corrected chi connectivity index (χ1v) is 8.04. The van der Waals surface area contributed by atoms with E-state index in [2.05, 4.69) is 5.32 Å². The van der Waals surface area contributed by atoms with E-state index in [0.29, 0.717) is 5.56 Å². The fraction of sp³-hybridized carbons (Fsp3) is 0.154. The van der Waals surface area contributed by atoms with E-state index in [1.807, 2.05) is 30.3 Å². The molecule has 1 aromatic heterocycles.